The number of pyridine rings is 1. The van der Waals surface area contributed by atoms with Crippen molar-refractivity contribution in [2.24, 2.45) is 5.92 Å². The van der Waals surface area contributed by atoms with Crippen LogP contribution in [0.2, 0.25) is 0 Å². The quantitative estimate of drug-likeness (QED) is 0.802. The monoisotopic (exact) mass is 226 g/mol. The summed E-state index contributed by atoms with van der Waals surface area (Å²) in [5, 5.41) is 1.49. The van der Waals surface area contributed by atoms with Crippen LogP contribution in [-0.4, -0.2) is 17.3 Å². The molecule has 1 unspecified atom stereocenters. The molecule has 0 saturated carbocycles. The Balaban J connectivity index is 2.78. The Morgan fingerprint density at radius 3 is 2.53 bits per heavy atom. The van der Waals surface area contributed by atoms with E-state index in [9.17, 15) is 0 Å². The molecule has 15 heavy (non-hydrogen) atoms. The Morgan fingerprint density at radius 1 is 1.33 bits per heavy atom. The molecule has 0 aliphatic carbocycles. The van der Waals surface area contributed by atoms with Gasteiger partial charge in [0.15, 0.2) is 0 Å². The van der Waals surface area contributed by atoms with E-state index in [4.69, 9.17) is 10.5 Å². The molecule has 0 aromatic carbocycles. The van der Waals surface area contributed by atoms with Crippen LogP contribution < -0.4 is 10.5 Å². The summed E-state index contributed by atoms with van der Waals surface area (Å²) >= 11 is 1.74. The van der Waals surface area contributed by atoms with E-state index in [1.807, 2.05) is 12.1 Å². The zero-order chi connectivity index (χ0) is 11.4. The first kappa shape index (κ1) is 12.2. The first-order valence-corrected chi connectivity index (χ1v) is 5.89. The van der Waals surface area contributed by atoms with Gasteiger partial charge in [-0.05, 0) is 18.1 Å². The summed E-state index contributed by atoms with van der Waals surface area (Å²) < 4.78 is 5.08. The van der Waals surface area contributed by atoms with Crippen LogP contribution in [0.15, 0.2) is 17.2 Å². The second-order valence-electron chi connectivity index (χ2n) is 3.81. The first-order chi connectivity index (χ1) is 7.04. The highest BCUT2D eigenvalue weighted by Crippen LogP contribution is 2.29. The van der Waals surface area contributed by atoms with Gasteiger partial charge in [-0.2, -0.15) is 0 Å². The molecule has 1 aromatic heterocycles. The molecular weight excluding hydrogens is 208 g/mol. The smallest absolute Gasteiger partial charge is 0.237 e. The average molecular weight is 226 g/mol. The van der Waals surface area contributed by atoms with E-state index in [0.717, 1.165) is 5.03 Å². The highest BCUT2D eigenvalue weighted by Gasteiger charge is 2.11. The van der Waals surface area contributed by atoms with Gasteiger partial charge in [0.25, 0.3) is 0 Å². The predicted molar refractivity (Wildman–Crippen MR) is 65.4 cm³/mol. The maximum atomic E-state index is 5.69. The maximum Gasteiger partial charge on any atom is 0.237 e. The number of ether oxygens (including phenoxy) is 1. The predicted octanol–water partition coefficient (Wildman–Crippen LogP) is 2.81. The van der Waals surface area contributed by atoms with E-state index >= 15 is 0 Å². The molecule has 1 rings (SSSR count). The summed E-state index contributed by atoms with van der Waals surface area (Å²) in [4.78, 5) is 4.33. The Bertz CT molecular complexity index is 328. The lowest BCUT2D eigenvalue weighted by molar-refractivity contribution is 0.397. The fourth-order valence-corrected chi connectivity index (χ4v) is 1.93. The van der Waals surface area contributed by atoms with Gasteiger partial charge in [-0.15, -0.1) is 11.8 Å². The van der Waals surface area contributed by atoms with E-state index < -0.39 is 0 Å². The molecule has 3 nitrogen and oxygen atoms in total. The van der Waals surface area contributed by atoms with Crippen molar-refractivity contribution in [1.29, 1.82) is 0 Å². The van der Waals surface area contributed by atoms with E-state index in [0.29, 0.717) is 22.7 Å². The van der Waals surface area contributed by atoms with Gasteiger partial charge in [0.05, 0.1) is 12.8 Å². The van der Waals surface area contributed by atoms with Crippen molar-refractivity contribution in [2.45, 2.75) is 31.0 Å². The van der Waals surface area contributed by atoms with Crippen LogP contribution in [-0.2, 0) is 0 Å². The lowest BCUT2D eigenvalue weighted by Crippen LogP contribution is -2.06. The summed E-state index contributed by atoms with van der Waals surface area (Å²) in [6, 6.07) is 3.77. The normalized spacial score (nSPS) is 12.9. The molecule has 0 aliphatic rings. The van der Waals surface area contributed by atoms with Gasteiger partial charge in [-0.3, -0.25) is 0 Å². The van der Waals surface area contributed by atoms with Crippen molar-refractivity contribution in [3.8, 4) is 5.88 Å². The Labute approximate surface area is 95.4 Å². The molecular formula is C11H18N2OS. The third-order valence-corrected chi connectivity index (χ3v) is 3.69. The fraction of sp³-hybridized carbons (Fsp3) is 0.545. The molecule has 4 heteroatoms. The van der Waals surface area contributed by atoms with Crippen LogP contribution in [0.3, 0.4) is 0 Å². The summed E-state index contributed by atoms with van der Waals surface area (Å²) in [6.07, 6.45) is 0. The van der Waals surface area contributed by atoms with Crippen LogP contribution in [0.4, 0.5) is 5.69 Å². The van der Waals surface area contributed by atoms with Crippen LogP contribution in [0, 0.1) is 5.92 Å². The van der Waals surface area contributed by atoms with Crippen molar-refractivity contribution in [3.63, 3.8) is 0 Å². The molecule has 0 spiro atoms. The van der Waals surface area contributed by atoms with E-state index in [1.165, 1.54) is 0 Å². The van der Waals surface area contributed by atoms with Gasteiger partial charge in [-0.25, -0.2) is 4.98 Å². The molecule has 1 atom stereocenters. The lowest BCUT2D eigenvalue weighted by atomic mass is 10.2. The molecule has 1 aromatic rings. The molecule has 0 bridgehead atoms. The second kappa shape index (κ2) is 5.26. The minimum absolute atomic E-state index is 0.510. The number of hydrogen-bond acceptors (Lipinski definition) is 4. The Hall–Kier alpha value is -0.900. The van der Waals surface area contributed by atoms with Gasteiger partial charge >= 0.3 is 0 Å². The summed E-state index contributed by atoms with van der Waals surface area (Å²) in [5.41, 5.74) is 6.28. The zero-order valence-corrected chi connectivity index (χ0v) is 10.5. The van der Waals surface area contributed by atoms with Crippen molar-refractivity contribution >= 4 is 17.4 Å². The van der Waals surface area contributed by atoms with Crippen molar-refractivity contribution in [2.75, 3.05) is 12.8 Å². The van der Waals surface area contributed by atoms with Crippen molar-refractivity contribution in [3.05, 3.63) is 12.1 Å². The number of anilines is 1. The minimum Gasteiger partial charge on any atom is -0.480 e. The highest BCUT2D eigenvalue weighted by atomic mass is 32.2. The molecule has 0 radical (unpaired) electrons. The van der Waals surface area contributed by atoms with E-state index in [1.54, 1.807) is 18.9 Å². The van der Waals surface area contributed by atoms with Gasteiger partial charge in [0, 0.05) is 5.25 Å². The Kier molecular flexibility index (Phi) is 4.27. The fourth-order valence-electron chi connectivity index (χ4n) is 0.990. The third kappa shape index (κ3) is 3.30. The lowest BCUT2D eigenvalue weighted by Gasteiger charge is -2.14. The largest absolute Gasteiger partial charge is 0.480 e. The van der Waals surface area contributed by atoms with Gasteiger partial charge in [0.1, 0.15) is 5.03 Å². The second-order valence-corrected chi connectivity index (χ2v) is 5.21. The highest BCUT2D eigenvalue weighted by molar-refractivity contribution is 7.99. The first-order valence-electron chi connectivity index (χ1n) is 5.01. The number of nitrogens with zero attached hydrogens (tertiary/aromatic N) is 1. The molecule has 0 saturated heterocycles. The molecule has 84 valence electrons. The minimum atomic E-state index is 0.510. The number of rotatable bonds is 4. The number of thioether (sulfide) groups is 1. The number of methoxy groups -OCH3 is 1. The van der Waals surface area contributed by atoms with Gasteiger partial charge < -0.3 is 10.5 Å². The van der Waals surface area contributed by atoms with Crippen LogP contribution >= 0.6 is 11.8 Å². The number of aromatic nitrogens is 1. The van der Waals surface area contributed by atoms with Crippen molar-refractivity contribution < 1.29 is 4.74 Å². The number of nitrogen functional groups attached to an aromatic ring is 1. The molecule has 0 fully saturated rings. The standard InChI is InChI=1S/C11H18N2OS/c1-7(2)8(3)15-10-6-5-9(12)11(13-10)14-4/h5-8H,12H2,1-4H3. The van der Waals surface area contributed by atoms with E-state index in [-0.39, 0.29) is 0 Å². The van der Waals surface area contributed by atoms with Crippen LogP contribution in [0.5, 0.6) is 5.88 Å². The number of nitrogens with two attached hydrogens (primary N) is 1. The van der Waals surface area contributed by atoms with E-state index in [2.05, 4.69) is 25.8 Å². The SMILES string of the molecule is COc1nc(SC(C)C(C)C)ccc1N. The van der Waals surface area contributed by atoms with Crippen molar-refractivity contribution in [1.82, 2.24) is 4.98 Å². The number of hydrogen-bond donors (Lipinski definition) is 1. The molecule has 0 amide bonds. The van der Waals surface area contributed by atoms with Crippen LogP contribution in [0.25, 0.3) is 0 Å². The zero-order valence-electron chi connectivity index (χ0n) is 9.65. The average Bonchev–Trinajstić information content (AvgIpc) is 2.20. The summed E-state index contributed by atoms with van der Waals surface area (Å²) in [7, 11) is 1.58. The van der Waals surface area contributed by atoms with Gasteiger partial charge in [0.2, 0.25) is 5.88 Å². The molecule has 2 N–H and O–H groups in total. The summed E-state index contributed by atoms with van der Waals surface area (Å²) in [6.45, 7) is 6.60. The third-order valence-electron chi connectivity index (χ3n) is 2.30. The summed E-state index contributed by atoms with van der Waals surface area (Å²) in [5.74, 6) is 1.14. The van der Waals surface area contributed by atoms with Crippen LogP contribution in [0.1, 0.15) is 20.8 Å². The topological polar surface area (TPSA) is 48.1 Å². The molecule has 1 heterocycles. The Morgan fingerprint density at radius 2 is 2.00 bits per heavy atom. The van der Waals surface area contributed by atoms with Gasteiger partial charge in [-0.1, -0.05) is 20.8 Å². The maximum absolute atomic E-state index is 5.69. The molecule has 0 aliphatic heterocycles.